The van der Waals surface area contributed by atoms with Gasteiger partial charge in [-0.15, -0.1) is 11.3 Å². The van der Waals surface area contributed by atoms with E-state index in [9.17, 15) is 4.79 Å². The fourth-order valence-corrected chi connectivity index (χ4v) is 2.90. The SMILES string of the molecule is COC=C(C(=O)OC)N(C)c1nc(-c2ccc(Cl)c(Cl)c2)cs1. The van der Waals surface area contributed by atoms with E-state index in [0.717, 1.165) is 11.3 Å². The van der Waals surface area contributed by atoms with Gasteiger partial charge in [0, 0.05) is 18.0 Å². The van der Waals surface area contributed by atoms with E-state index in [0.29, 0.717) is 15.2 Å². The first-order chi connectivity index (χ1) is 11.0. The van der Waals surface area contributed by atoms with E-state index in [1.54, 1.807) is 24.1 Å². The quantitative estimate of drug-likeness (QED) is 0.446. The molecule has 23 heavy (non-hydrogen) atoms. The van der Waals surface area contributed by atoms with Gasteiger partial charge in [-0.25, -0.2) is 9.78 Å². The maximum atomic E-state index is 11.8. The van der Waals surface area contributed by atoms with Crippen LogP contribution in [0.3, 0.4) is 0 Å². The Labute approximate surface area is 148 Å². The number of nitrogens with zero attached hydrogens (tertiary/aromatic N) is 2. The number of benzene rings is 1. The molecule has 1 heterocycles. The molecule has 1 aromatic heterocycles. The van der Waals surface area contributed by atoms with Crippen LogP contribution in [0.1, 0.15) is 0 Å². The fraction of sp³-hybridized carbons (Fsp3) is 0.200. The molecule has 0 unspecified atom stereocenters. The molecule has 0 atom stereocenters. The van der Waals surface area contributed by atoms with E-state index in [4.69, 9.17) is 32.7 Å². The number of carbonyl (C=O) groups excluding carboxylic acids is 1. The number of ether oxygens (including phenoxy) is 2. The van der Waals surface area contributed by atoms with Gasteiger partial charge in [0.15, 0.2) is 10.8 Å². The Bertz CT molecular complexity index is 746. The zero-order valence-corrected chi connectivity index (χ0v) is 15.0. The van der Waals surface area contributed by atoms with Crippen LogP contribution in [0.15, 0.2) is 35.5 Å². The number of anilines is 1. The molecule has 8 heteroatoms. The zero-order valence-electron chi connectivity index (χ0n) is 12.7. The third-order valence-electron chi connectivity index (χ3n) is 2.98. The summed E-state index contributed by atoms with van der Waals surface area (Å²) in [6, 6.07) is 5.29. The number of carbonyl (C=O) groups is 1. The number of esters is 1. The minimum atomic E-state index is -0.513. The van der Waals surface area contributed by atoms with Crippen LogP contribution in [0.4, 0.5) is 5.13 Å². The molecule has 0 bridgehead atoms. The Morgan fingerprint density at radius 1 is 1.30 bits per heavy atom. The molecule has 0 saturated heterocycles. The Balaban J connectivity index is 2.32. The smallest absolute Gasteiger partial charge is 0.357 e. The van der Waals surface area contributed by atoms with E-state index >= 15 is 0 Å². The third kappa shape index (κ3) is 3.96. The van der Waals surface area contributed by atoms with Gasteiger partial charge >= 0.3 is 5.97 Å². The number of aromatic nitrogens is 1. The molecule has 2 aromatic rings. The number of hydrogen-bond acceptors (Lipinski definition) is 6. The number of methoxy groups -OCH3 is 2. The molecule has 0 N–H and O–H groups in total. The summed E-state index contributed by atoms with van der Waals surface area (Å²) in [5, 5.41) is 3.42. The molecule has 2 rings (SSSR count). The minimum absolute atomic E-state index is 0.241. The first-order valence-corrected chi connectivity index (χ1v) is 8.07. The van der Waals surface area contributed by atoms with Gasteiger partial charge in [0.1, 0.15) is 6.26 Å². The molecule has 0 fully saturated rings. The topological polar surface area (TPSA) is 51.7 Å². The van der Waals surface area contributed by atoms with E-state index in [1.165, 1.54) is 31.8 Å². The lowest BCUT2D eigenvalue weighted by Crippen LogP contribution is -2.24. The summed E-state index contributed by atoms with van der Waals surface area (Å²) < 4.78 is 9.67. The summed E-state index contributed by atoms with van der Waals surface area (Å²) in [5.41, 5.74) is 1.81. The van der Waals surface area contributed by atoms with Crippen LogP contribution >= 0.6 is 34.5 Å². The van der Waals surface area contributed by atoms with E-state index in [-0.39, 0.29) is 5.70 Å². The van der Waals surface area contributed by atoms with Crippen molar-refractivity contribution in [2.45, 2.75) is 0 Å². The van der Waals surface area contributed by atoms with Crippen LogP contribution in [0.25, 0.3) is 11.3 Å². The second-order valence-electron chi connectivity index (χ2n) is 4.43. The molecule has 0 aliphatic heterocycles. The molecule has 0 saturated carbocycles. The van der Waals surface area contributed by atoms with Crippen LogP contribution in [0.2, 0.25) is 10.0 Å². The van der Waals surface area contributed by atoms with Gasteiger partial charge in [0.25, 0.3) is 0 Å². The Morgan fingerprint density at radius 2 is 2.04 bits per heavy atom. The molecule has 1 aromatic carbocycles. The highest BCUT2D eigenvalue weighted by atomic mass is 35.5. The average Bonchev–Trinajstić information content (AvgIpc) is 3.04. The third-order valence-corrected chi connectivity index (χ3v) is 4.64. The van der Waals surface area contributed by atoms with E-state index < -0.39 is 5.97 Å². The lowest BCUT2D eigenvalue weighted by Gasteiger charge is -2.17. The molecule has 0 aliphatic carbocycles. The predicted molar refractivity (Wildman–Crippen MR) is 93.1 cm³/mol. The summed E-state index contributed by atoms with van der Waals surface area (Å²) in [5.74, 6) is -0.513. The number of rotatable bonds is 5. The summed E-state index contributed by atoms with van der Waals surface area (Å²) in [6.45, 7) is 0. The summed E-state index contributed by atoms with van der Waals surface area (Å²) in [6.07, 6.45) is 1.31. The van der Waals surface area contributed by atoms with Crippen molar-refractivity contribution in [1.82, 2.24) is 4.98 Å². The molecule has 0 aliphatic rings. The molecule has 122 valence electrons. The largest absolute Gasteiger partial charge is 0.502 e. The second-order valence-corrected chi connectivity index (χ2v) is 6.08. The maximum Gasteiger partial charge on any atom is 0.357 e. The van der Waals surface area contributed by atoms with Crippen molar-refractivity contribution >= 4 is 45.6 Å². The van der Waals surface area contributed by atoms with E-state index in [2.05, 4.69) is 4.98 Å². The van der Waals surface area contributed by atoms with Crippen LogP contribution in [-0.4, -0.2) is 32.2 Å². The van der Waals surface area contributed by atoms with Gasteiger partial charge in [-0.05, 0) is 12.1 Å². The first kappa shape index (κ1) is 17.6. The predicted octanol–water partition coefficient (Wildman–Crippen LogP) is 4.21. The monoisotopic (exact) mass is 372 g/mol. The van der Waals surface area contributed by atoms with Gasteiger partial charge in [-0.3, -0.25) is 0 Å². The molecule has 0 radical (unpaired) electrons. The van der Waals surface area contributed by atoms with Gasteiger partial charge in [-0.1, -0.05) is 29.3 Å². The van der Waals surface area contributed by atoms with Gasteiger partial charge in [0.2, 0.25) is 0 Å². The molecular formula is C15H14Cl2N2O3S. The fourth-order valence-electron chi connectivity index (χ4n) is 1.79. The zero-order chi connectivity index (χ0) is 17.0. The van der Waals surface area contributed by atoms with Crippen molar-refractivity contribution in [1.29, 1.82) is 0 Å². The number of thiazole rings is 1. The highest BCUT2D eigenvalue weighted by molar-refractivity contribution is 7.14. The van der Waals surface area contributed by atoms with Crippen molar-refractivity contribution in [2.75, 3.05) is 26.2 Å². The van der Waals surface area contributed by atoms with Crippen molar-refractivity contribution in [3.05, 3.63) is 45.6 Å². The maximum absolute atomic E-state index is 11.8. The van der Waals surface area contributed by atoms with Gasteiger partial charge < -0.3 is 14.4 Å². The second kappa shape index (κ2) is 7.68. The molecule has 0 spiro atoms. The van der Waals surface area contributed by atoms with Crippen molar-refractivity contribution in [3.8, 4) is 11.3 Å². The lowest BCUT2D eigenvalue weighted by molar-refractivity contribution is -0.136. The van der Waals surface area contributed by atoms with Gasteiger partial charge in [-0.2, -0.15) is 0 Å². The van der Waals surface area contributed by atoms with Crippen LogP contribution in [0.5, 0.6) is 0 Å². The summed E-state index contributed by atoms with van der Waals surface area (Å²) >= 11 is 13.3. The summed E-state index contributed by atoms with van der Waals surface area (Å²) in [4.78, 5) is 17.9. The molecule has 5 nitrogen and oxygen atoms in total. The Kier molecular flexibility index (Phi) is 5.87. The van der Waals surface area contributed by atoms with E-state index in [1.807, 2.05) is 11.4 Å². The molecule has 0 amide bonds. The van der Waals surface area contributed by atoms with Crippen LogP contribution < -0.4 is 4.90 Å². The first-order valence-electron chi connectivity index (χ1n) is 6.44. The standard InChI is InChI=1S/C15H14Cl2N2O3S/c1-19(13(7-21-2)14(20)22-3)15-18-12(8-23-15)9-4-5-10(16)11(17)6-9/h4-8H,1-3H3. The summed E-state index contributed by atoms with van der Waals surface area (Å²) in [7, 11) is 4.47. The Hall–Kier alpha value is -1.76. The molecular weight excluding hydrogens is 359 g/mol. The number of halogens is 2. The highest BCUT2D eigenvalue weighted by Gasteiger charge is 2.20. The van der Waals surface area contributed by atoms with Crippen molar-refractivity contribution in [3.63, 3.8) is 0 Å². The van der Waals surface area contributed by atoms with Crippen LogP contribution in [0, 0.1) is 0 Å². The lowest BCUT2D eigenvalue weighted by atomic mass is 10.2. The number of likely N-dealkylation sites (N-methyl/N-ethyl adjacent to an activating group) is 1. The van der Waals surface area contributed by atoms with Crippen LogP contribution in [-0.2, 0) is 14.3 Å². The van der Waals surface area contributed by atoms with Gasteiger partial charge in [0.05, 0.1) is 30.0 Å². The number of hydrogen-bond donors (Lipinski definition) is 0. The van der Waals surface area contributed by atoms with Crippen molar-refractivity contribution in [2.24, 2.45) is 0 Å². The normalized spacial score (nSPS) is 11.3. The minimum Gasteiger partial charge on any atom is -0.502 e. The van der Waals surface area contributed by atoms with Crippen molar-refractivity contribution < 1.29 is 14.3 Å². The average molecular weight is 373 g/mol. The highest BCUT2D eigenvalue weighted by Crippen LogP contribution is 2.32. The Morgan fingerprint density at radius 3 is 2.65 bits per heavy atom.